The number of hydrogen-bond acceptors (Lipinski definition) is 7. The first-order chi connectivity index (χ1) is 17.3. The van der Waals surface area contributed by atoms with E-state index < -0.39 is 23.3 Å². The van der Waals surface area contributed by atoms with Gasteiger partial charge in [0, 0.05) is 13.1 Å². The van der Waals surface area contributed by atoms with E-state index >= 15 is 0 Å². The Labute approximate surface area is 215 Å². The molecule has 2 fully saturated rings. The van der Waals surface area contributed by atoms with Crippen molar-refractivity contribution in [1.29, 1.82) is 0 Å². The molecule has 0 radical (unpaired) electrons. The van der Waals surface area contributed by atoms with Gasteiger partial charge in [0.15, 0.2) is 0 Å². The van der Waals surface area contributed by atoms with E-state index in [0.29, 0.717) is 24.4 Å². The van der Waals surface area contributed by atoms with Crippen molar-refractivity contribution in [3.05, 3.63) is 45.1 Å². The summed E-state index contributed by atoms with van der Waals surface area (Å²) in [6, 6.07) is 4.67. The molecule has 4 rings (SSSR count). The molecule has 1 aliphatic heterocycles. The fourth-order valence-corrected chi connectivity index (χ4v) is 5.08. The van der Waals surface area contributed by atoms with Gasteiger partial charge in [-0.1, -0.05) is 37.3 Å². The number of aromatic nitrogens is 3. The van der Waals surface area contributed by atoms with Crippen molar-refractivity contribution in [3.8, 4) is 5.69 Å². The summed E-state index contributed by atoms with van der Waals surface area (Å²) >= 11 is 6.31. The number of aliphatic hydroxyl groups excluding tert-OH is 1. The van der Waals surface area contributed by atoms with Gasteiger partial charge < -0.3 is 25.6 Å². The molecule has 198 valence electrons. The average molecular weight is 522 g/mol. The number of aryl methyl sites for hydroxylation is 1. The van der Waals surface area contributed by atoms with Crippen LogP contribution in [-0.2, 0) is 11.3 Å². The Bertz CT molecular complexity index is 1100. The van der Waals surface area contributed by atoms with Crippen LogP contribution in [0.4, 0.5) is 0 Å². The molecular formula is C25H36ClN5O5. The number of ether oxygens (including phenoxy) is 1. The summed E-state index contributed by atoms with van der Waals surface area (Å²) in [6.07, 6.45) is 5.47. The van der Waals surface area contributed by atoms with E-state index in [1.165, 1.54) is 15.3 Å². The second kappa shape index (κ2) is 11.9. The van der Waals surface area contributed by atoms with Crippen molar-refractivity contribution < 1.29 is 19.7 Å². The van der Waals surface area contributed by atoms with Crippen molar-refractivity contribution in [2.75, 3.05) is 26.2 Å². The first-order valence-corrected chi connectivity index (χ1v) is 13.1. The third-order valence-electron chi connectivity index (χ3n) is 7.03. The molecule has 1 amide bonds. The average Bonchev–Trinajstić information content (AvgIpc) is 3.41. The molecule has 2 aromatic rings. The van der Waals surface area contributed by atoms with Gasteiger partial charge in [-0.25, -0.2) is 4.79 Å². The number of benzene rings is 1. The van der Waals surface area contributed by atoms with Gasteiger partial charge in [0.1, 0.15) is 5.82 Å². The van der Waals surface area contributed by atoms with Crippen LogP contribution in [0.5, 0.6) is 0 Å². The molecule has 11 heteroatoms. The summed E-state index contributed by atoms with van der Waals surface area (Å²) in [7, 11) is 0. The number of carbonyl (C=O) groups is 1. The highest BCUT2D eigenvalue weighted by Gasteiger charge is 2.29. The van der Waals surface area contributed by atoms with Crippen LogP contribution in [0.2, 0.25) is 5.02 Å². The smallest absolute Gasteiger partial charge is 0.350 e. The minimum absolute atomic E-state index is 0.0460. The van der Waals surface area contributed by atoms with Crippen molar-refractivity contribution in [3.63, 3.8) is 0 Å². The Balaban J connectivity index is 1.45. The van der Waals surface area contributed by atoms with Crippen molar-refractivity contribution in [2.45, 2.75) is 76.2 Å². The number of nitrogens with zero attached hydrogens (tertiary/aromatic N) is 3. The predicted octanol–water partition coefficient (Wildman–Crippen LogP) is 1.55. The zero-order valence-corrected chi connectivity index (χ0v) is 21.5. The standard InChI is InChI=1S/C25H36ClN5O5/c1-17-29-31(24(34)30(17)14-19(32)15-36-20-8-11-27-13-20)18-6-7-22(26)21(12-18)23(33)28-16-25(35)9-4-2-3-5-10-25/h6-7,12,19-20,27,32,35H,2-5,8-11,13-16H2,1H3,(H,28,33). The van der Waals surface area contributed by atoms with E-state index in [4.69, 9.17) is 16.3 Å². The first kappa shape index (κ1) is 26.8. The summed E-state index contributed by atoms with van der Waals surface area (Å²) < 4.78 is 8.29. The van der Waals surface area contributed by atoms with E-state index in [2.05, 4.69) is 15.7 Å². The Morgan fingerprint density at radius 3 is 2.78 bits per heavy atom. The van der Waals surface area contributed by atoms with Gasteiger partial charge in [0.05, 0.1) is 47.2 Å². The Kier molecular flexibility index (Phi) is 8.84. The summed E-state index contributed by atoms with van der Waals surface area (Å²) in [4.78, 5) is 26.0. The maximum Gasteiger partial charge on any atom is 0.350 e. The molecule has 2 heterocycles. The number of aliphatic hydroxyl groups is 2. The maximum atomic E-state index is 13.1. The van der Waals surface area contributed by atoms with Crippen LogP contribution in [0.1, 0.15) is 61.1 Å². The molecule has 36 heavy (non-hydrogen) atoms. The van der Waals surface area contributed by atoms with Gasteiger partial charge in [-0.05, 0) is 50.9 Å². The minimum atomic E-state index is -0.915. The summed E-state index contributed by atoms with van der Waals surface area (Å²) in [5, 5.41) is 31.9. The molecule has 10 nitrogen and oxygen atoms in total. The molecule has 1 aliphatic carbocycles. The zero-order valence-electron chi connectivity index (χ0n) is 20.7. The highest BCUT2D eigenvalue weighted by atomic mass is 35.5. The van der Waals surface area contributed by atoms with Crippen LogP contribution >= 0.6 is 11.6 Å². The molecule has 1 aromatic carbocycles. The highest BCUT2D eigenvalue weighted by molar-refractivity contribution is 6.33. The van der Waals surface area contributed by atoms with E-state index in [0.717, 1.165) is 45.2 Å². The van der Waals surface area contributed by atoms with Gasteiger partial charge in [0.2, 0.25) is 0 Å². The van der Waals surface area contributed by atoms with Crippen LogP contribution in [-0.4, -0.2) is 74.5 Å². The molecule has 1 saturated carbocycles. The number of nitrogens with one attached hydrogen (secondary N) is 2. The van der Waals surface area contributed by atoms with Gasteiger partial charge >= 0.3 is 5.69 Å². The normalized spacial score (nSPS) is 20.7. The molecule has 1 aromatic heterocycles. The van der Waals surface area contributed by atoms with Crippen molar-refractivity contribution in [1.82, 2.24) is 25.0 Å². The SMILES string of the molecule is Cc1nn(-c2ccc(Cl)c(C(=O)NCC3(O)CCCCCC3)c2)c(=O)n1CC(O)COC1CCNC1. The quantitative estimate of drug-likeness (QED) is 0.368. The van der Waals surface area contributed by atoms with Gasteiger partial charge in [0.25, 0.3) is 5.91 Å². The lowest BCUT2D eigenvalue weighted by Crippen LogP contribution is -2.42. The van der Waals surface area contributed by atoms with Crippen molar-refractivity contribution >= 4 is 17.5 Å². The number of halogens is 1. The van der Waals surface area contributed by atoms with Crippen LogP contribution < -0.4 is 16.3 Å². The third-order valence-corrected chi connectivity index (χ3v) is 7.36. The summed E-state index contributed by atoms with van der Waals surface area (Å²) in [5.74, 6) is 0.0100. The maximum absolute atomic E-state index is 13.1. The highest BCUT2D eigenvalue weighted by Crippen LogP contribution is 2.27. The lowest BCUT2D eigenvalue weighted by atomic mass is 9.94. The molecule has 0 bridgehead atoms. The molecule has 2 aliphatic rings. The molecule has 0 spiro atoms. The number of amides is 1. The van der Waals surface area contributed by atoms with Crippen LogP contribution in [0.15, 0.2) is 23.0 Å². The molecule has 1 saturated heterocycles. The molecule has 2 atom stereocenters. The van der Waals surface area contributed by atoms with Crippen LogP contribution in [0.3, 0.4) is 0 Å². The second-order valence-electron chi connectivity index (χ2n) is 9.94. The van der Waals surface area contributed by atoms with Gasteiger partial charge in [-0.3, -0.25) is 9.36 Å². The molecular weight excluding hydrogens is 486 g/mol. The van der Waals surface area contributed by atoms with Crippen LogP contribution in [0.25, 0.3) is 5.69 Å². The predicted molar refractivity (Wildman–Crippen MR) is 136 cm³/mol. The molecule has 2 unspecified atom stereocenters. The Morgan fingerprint density at radius 2 is 2.08 bits per heavy atom. The van der Waals surface area contributed by atoms with E-state index in [1.54, 1.807) is 19.1 Å². The monoisotopic (exact) mass is 521 g/mol. The first-order valence-electron chi connectivity index (χ1n) is 12.7. The minimum Gasteiger partial charge on any atom is -0.389 e. The van der Waals surface area contributed by atoms with Gasteiger partial charge in [-0.2, -0.15) is 9.78 Å². The van der Waals surface area contributed by atoms with Gasteiger partial charge in [-0.15, -0.1) is 0 Å². The zero-order chi connectivity index (χ0) is 25.7. The van der Waals surface area contributed by atoms with E-state index in [9.17, 15) is 19.8 Å². The van der Waals surface area contributed by atoms with E-state index in [-0.39, 0.29) is 36.4 Å². The molecule has 4 N–H and O–H groups in total. The Morgan fingerprint density at radius 1 is 1.33 bits per heavy atom. The lowest BCUT2D eigenvalue weighted by Gasteiger charge is -2.26. The largest absolute Gasteiger partial charge is 0.389 e. The topological polar surface area (TPSA) is 131 Å². The number of hydrogen-bond donors (Lipinski definition) is 4. The number of carbonyl (C=O) groups excluding carboxylic acids is 1. The van der Waals surface area contributed by atoms with Crippen LogP contribution in [0, 0.1) is 6.92 Å². The number of rotatable bonds is 9. The summed E-state index contributed by atoms with van der Waals surface area (Å²) in [6.45, 7) is 3.66. The Hall–Kier alpha value is -2.24. The van der Waals surface area contributed by atoms with Crippen molar-refractivity contribution in [2.24, 2.45) is 0 Å². The lowest BCUT2D eigenvalue weighted by molar-refractivity contribution is -0.00742. The fourth-order valence-electron chi connectivity index (χ4n) is 4.88. The summed E-state index contributed by atoms with van der Waals surface area (Å²) in [5.41, 5.74) is -0.769. The fraction of sp³-hybridized carbons (Fsp3) is 0.640. The third kappa shape index (κ3) is 6.54. The van der Waals surface area contributed by atoms with E-state index in [1.807, 2.05) is 0 Å². The second-order valence-corrected chi connectivity index (χ2v) is 10.3.